The predicted molar refractivity (Wildman–Crippen MR) is 93.3 cm³/mol. The van der Waals surface area contributed by atoms with Gasteiger partial charge < -0.3 is 9.47 Å². The molecule has 130 valence electrons. The molecule has 1 aliphatic heterocycles. The van der Waals surface area contributed by atoms with Crippen LogP contribution in [0.5, 0.6) is 0 Å². The van der Waals surface area contributed by atoms with Crippen molar-refractivity contribution >= 4 is 10.9 Å². The first-order valence-electron chi connectivity index (χ1n) is 8.32. The molecule has 0 N–H and O–H groups in total. The first-order chi connectivity index (χ1) is 11.5. The number of ether oxygens (including phenoxy) is 2. The number of aromatic nitrogens is 2. The monoisotopic (exact) mass is 331 g/mol. The molecule has 6 heteroatoms. The summed E-state index contributed by atoms with van der Waals surface area (Å²) in [6, 6.07) is 7.45. The molecule has 2 aromatic rings. The number of nitrogens with zero attached hydrogens (tertiary/aromatic N) is 3. The molecule has 1 aromatic carbocycles. The number of methoxy groups -OCH3 is 1. The summed E-state index contributed by atoms with van der Waals surface area (Å²) in [4.78, 5) is 19.3. The number of para-hydroxylation sites is 1. The molecule has 0 unspecified atom stereocenters. The smallest absolute Gasteiger partial charge is 0.261 e. The molecule has 0 spiro atoms. The largest absolute Gasteiger partial charge is 0.382 e. The first-order valence-corrected chi connectivity index (χ1v) is 8.32. The van der Waals surface area contributed by atoms with Crippen LogP contribution in [0, 0.1) is 0 Å². The molecule has 0 bridgehead atoms. The van der Waals surface area contributed by atoms with E-state index in [1.54, 1.807) is 18.0 Å². The van der Waals surface area contributed by atoms with Crippen molar-refractivity contribution in [1.29, 1.82) is 0 Å². The second kappa shape index (κ2) is 7.01. The Balaban J connectivity index is 1.71. The standard InChI is InChI=1S/C18H25N3O3/c1-18(2)12-20(10-14(24-18)11-23-3)8-9-21-13-19-16-7-5-4-6-15(16)17(21)22/h4-7,13-14H,8-12H2,1-3H3/t14-/m1/s1. The van der Waals surface area contributed by atoms with Crippen molar-refractivity contribution in [1.82, 2.24) is 14.5 Å². The van der Waals surface area contributed by atoms with Crippen LogP contribution < -0.4 is 5.56 Å². The lowest BCUT2D eigenvalue weighted by atomic mass is 10.1. The highest BCUT2D eigenvalue weighted by Crippen LogP contribution is 2.21. The van der Waals surface area contributed by atoms with Crippen molar-refractivity contribution in [2.24, 2.45) is 0 Å². The van der Waals surface area contributed by atoms with Crippen molar-refractivity contribution in [2.45, 2.75) is 32.1 Å². The second-order valence-electron chi connectivity index (χ2n) is 6.95. The SMILES string of the molecule is COC[C@H]1CN(CCn2cnc3ccccc3c2=O)CC(C)(C)O1. The van der Waals surface area contributed by atoms with Gasteiger partial charge in [0.2, 0.25) is 0 Å². The van der Waals surface area contributed by atoms with Crippen LogP contribution in [0.3, 0.4) is 0 Å². The Kier molecular flexibility index (Phi) is 4.99. The topological polar surface area (TPSA) is 56.6 Å². The van der Waals surface area contributed by atoms with Crippen molar-refractivity contribution in [2.75, 3.05) is 33.4 Å². The van der Waals surface area contributed by atoms with E-state index in [4.69, 9.17) is 9.47 Å². The summed E-state index contributed by atoms with van der Waals surface area (Å²) >= 11 is 0. The van der Waals surface area contributed by atoms with Crippen LogP contribution in [0.15, 0.2) is 35.4 Å². The number of morpholine rings is 1. The number of rotatable bonds is 5. The molecule has 2 heterocycles. The van der Waals surface area contributed by atoms with Crippen LogP contribution in [-0.2, 0) is 16.0 Å². The normalized spacial score (nSPS) is 21.2. The van der Waals surface area contributed by atoms with Gasteiger partial charge in [-0.15, -0.1) is 0 Å². The van der Waals surface area contributed by atoms with Gasteiger partial charge in [0.1, 0.15) is 0 Å². The minimum Gasteiger partial charge on any atom is -0.382 e. The summed E-state index contributed by atoms with van der Waals surface area (Å²) in [6.45, 7) is 7.81. The lowest BCUT2D eigenvalue weighted by molar-refractivity contribution is -0.152. The molecule has 1 aliphatic rings. The second-order valence-corrected chi connectivity index (χ2v) is 6.95. The number of benzene rings is 1. The molecule has 6 nitrogen and oxygen atoms in total. The van der Waals surface area contributed by atoms with Gasteiger partial charge in [0.05, 0.1) is 35.5 Å². The van der Waals surface area contributed by atoms with Crippen LogP contribution in [0.1, 0.15) is 13.8 Å². The van der Waals surface area contributed by atoms with Gasteiger partial charge >= 0.3 is 0 Å². The molecule has 1 aromatic heterocycles. The van der Waals surface area contributed by atoms with E-state index < -0.39 is 0 Å². The Hall–Kier alpha value is -1.76. The zero-order valence-electron chi connectivity index (χ0n) is 14.6. The van der Waals surface area contributed by atoms with E-state index >= 15 is 0 Å². The van der Waals surface area contributed by atoms with Crippen LogP contribution in [0.4, 0.5) is 0 Å². The van der Waals surface area contributed by atoms with E-state index in [-0.39, 0.29) is 17.3 Å². The minimum absolute atomic E-state index is 0.0153. The fraction of sp³-hybridized carbons (Fsp3) is 0.556. The maximum Gasteiger partial charge on any atom is 0.261 e. The quantitative estimate of drug-likeness (QED) is 0.831. The lowest BCUT2D eigenvalue weighted by Gasteiger charge is -2.42. The van der Waals surface area contributed by atoms with E-state index in [0.717, 1.165) is 25.2 Å². The van der Waals surface area contributed by atoms with Gasteiger partial charge in [-0.2, -0.15) is 0 Å². The fourth-order valence-corrected chi connectivity index (χ4v) is 3.37. The molecule has 1 saturated heterocycles. The highest BCUT2D eigenvalue weighted by molar-refractivity contribution is 5.76. The molecular formula is C18H25N3O3. The molecule has 1 atom stereocenters. The van der Waals surface area contributed by atoms with Crippen molar-refractivity contribution < 1.29 is 9.47 Å². The number of fused-ring (bicyclic) bond motifs is 1. The van der Waals surface area contributed by atoms with E-state index in [9.17, 15) is 4.79 Å². The van der Waals surface area contributed by atoms with Crippen LogP contribution in [0.25, 0.3) is 10.9 Å². The van der Waals surface area contributed by atoms with Crippen LogP contribution >= 0.6 is 0 Å². The summed E-state index contributed by atoms with van der Waals surface area (Å²) < 4.78 is 13.0. The zero-order chi connectivity index (χ0) is 17.2. The first kappa shape index (κ1) is 17.1. The Bertz CT molecular complexity index is 757. The molecule has 0 saturated carbocycles. The highest BCUT2D eigenvalue weighted by atomic mass is 16.5. The maximum atomic E-state index is 12.6. The summed E-state index contributed by atoms with van der Waals surface area (Å²) in [5.41, 5.74) is 0.543. The molecule has 0 radical (unpaired) electrons. The van der Waals surface area contributed by atoms with E-state index in [0.29, 0.717) is 18.5 Å². The summed E-state index contributed by atoms with van der Waals surface area (Å²) in [5, 5.41) is 0.666. The van der Waals surface area contributed by atoms with Crippen molar-refractivity contribution in [3.63, 3.8) is 0 Å². The lowest BCUT2D eigenvalue weighted by Crippen LogP contribution is -2.54. The average Bonchev–Trinajstić information content (AvgIpc) is 2.53. The van der Waals surface area contributed by atoms with E-state index in [1.807, 2.05) is 24.3 Å². The van der Waals surface area contributed by atoms with Crippen molar-refractivity contribution in [3.8, 4) is 0 Å². The Morgan fingerprint density at radius 3 is 2.92 bits per heavy atom. The third-order valence-corrected chi connectivity index (χ3v) is 4.29. The van der Waals surface area contributed by atoms with E-state index in [1.165, 1.54) is 0 Å². The molecule has 1 fully saturated rings. The maximum absolute atomic E-state index is 12.6. The van der Waals surface area contributed by atoms with Gasteiger partial charge in [-0.3, -0.25) is 14.3 Å². The molecular weight excluding hydrogens is 306 g/mol. The minimum atomic E-state index is -0.214. The van der Waals surface area contributed by atoms with Crippen LogP contribution in [-0.4, -0.2) is 59.5 Å². The van der Waals surface area contributed by atoms with Crippen molar-refractivity contribution in [3.05, 3.63) is 40.9 Å². The molecule has 24 heavy (non-hydrogen) atoms. The van der Waals surface area contributed by atoms with Gasteiger partial charge in [-0.05, 0) is 26.0 Å². The molecule has 0 aliphatic carbocycles. The predicted octanol–water partition coefficient (Wildman–Crippen LogP) is 1.52. The van der Waals surface area contributed by atoms with Gasteiger partial charge in [-0.25, -0.2) is 4.98 Å². The Labute approximate surface area is 142 Å². The summed E-state index contributed by atoms with van der Waals surface area (Å²) in [5.74, 6) is 0. The molecule has 3 rings (SSSR count). The summed E-state index contributed by atoms with van der Waals surface area (Å²) in [7, 11) is 1.69. The van der Waals surface area contributed by atoms with Gasteiger partial charge in [0, 0.05) is 33.3 Å². The van der Waals surface area contributed by atoms with Gasteiger partial charge in [0.15, 0.2) is 0 Å². The van der Waals surface area contributed by atoms with E-state index in [2.05, 4.69) is 23.7 Å². The molecule has 0 amide bonds. The number of hydrogen-bond acceptors (Lipinski definition) is 5. The Morgan fingerprint density at radius 2 is 2.12 bits per heavy atom. The zero-order valence-corrected chi connectivity index (χ0v) is 14.6. The van der Waals surface area contributed by atoms with Gasteiger partial charge in [0.25, 0.3) is 5.56 Å². The Morgan fingerprint density at radius 1 is 1.33 bits per heavy atom. The summed E-state index contributed by atoms with van der Waals surface area (Å²) in [6.07, 6.45) is 1.70. The highest BCUT2D eigenvalue weighted by Gasteiger charge is 2.33. The van der Waals surface area contributed by atoms with Gasteiger partial charge in [-0.1, -0.05) is 12.1 Å². The third kappa shape index (κ3) is 3.83. The fourth-order valence-electron chi connectivity index (χ4n) is 3.37. The third-order valence-electron chi connectivity index (χ3n) is 4.29. The number of hydrogen-bond donors (Lipinski definition) is 0. The van der Waals surface area contributed by atoms with Crippen LogP contribution in [0.2, 0.25) is 0 Å². The average molecular weight is 331 g/mol.